The van der Waals surface area contributed by atoms with Crippen LogP contribution < -0.4 is 5.32 Å². The third-order valence-electron chi connectivity index (χ3n) is 7.73. The van der Waals surface area contributed by atoms with Gasteiger partial charge in [0.25, 0.3) is 0 Å². The minimum absolute atomic E-state index is 0.00163. The van der Waals surface area contributed by atoms with Crippen LogP contribution >= 0.6 is 0 Å². The van der Waals surface area contributed by atoms with Gasteiger partial charge >= 0.3 is 0 Å². The zero-order valence-electron chi connectivity index (χ0n) is 22.3. The molecule has 1 amide bonds. The highest BCUT2D eigenvalue weighted by Crippen LogP contribution is 2.29. The monoisotopic (exact) mass is 506 g/mol. The third-order valence-corrected chi connectivity index (χ3v) is 7.73. The Morgan fingerprint density at radius 3 is 2.51 bits per heavy atom. The van der Waals surface area contributed by atoms with E-state index < -0.39 is 5.67 Å². The zero-order valence-corrected chi connectivity index (χ0v) is 22.3. The number of hydrogen-bond donors (Lipinski definition) is 1. The maximum Gasteiger partial charge on any atom is 0.228 e. The zero-order chi connectivity index (χ0) is 26.0. The number of benzene rings is 1. The molecule has 2 saturated heterocycles. The summed E-state index contributed by atoms with van der Waals surface area (Å²) in [5.41, 5.74) is 2.29. The van der Waals surface area contributed by atoms with E-state index in [-0.39, 0.29) is 11.8 Å². The second-order valence-corrected chi connectivity index (χ2v) is 11.4. The van der Waals surface area contributed by atoms with Crippen LogP contribution in [0.4, 0.5) is 10.2 Å². The lowest BCUT2D eigenvalue weighted by atomic mass is 9.95. The molecule has 0 unspecified atom stereocenters. The summed E-state index contributed by atoms with van der Waals surface area (Å²) in [6.07, 6.45) is 9.10. The second kappa shape index (κ2) is 10.9. The molecule has 4 heterocycles. The van der Waals surface area contributed by atoms with Crippen molar-refractivity contribution in [3.05, 3.63) is 42.4 Å². The van der Waals surface area contributed by atoms with Crippen LogP contribution in [0.2, 0.25) is 0 Å². The van der Waals surface area contributed by atoms with E-state index >= 15 is 0 Å². The molecule has 0 atom stereocenters. The lowest BCUT2D eigenvalue weighted by molar-refractivity contribution is -0.121. The molecule has 37 heavy (non-hydrogen) atoms. The maximum atomic E-state index is 14.0. The van der Waals surface area contributed by atoms with Crippen molar-refractivity contribution in [2.75, 3.05) is 38.0 Å². The number of aryl methyl sites for hydroxylation is 1. The smallest absolute Gasteiger partial charge is 0.228 e. The van der Waals surface area contributed by atoms with E-state index in [0.717, 1.165) is 67.5 Å². The number of aromatic nitrogens is 3. The lowest BCUT2D eigenvalue weighted by Crippen LogP contribution is -2.43. The average molecular weight is 507 g/mol. The minimum atomic E-state index is -1.22. The molecule has 1 aromatic carbocycles. The topological polar surface area (TPSA) is 66.3 Å². The Hall–Kier alpha value is -2.84. The number of carbonyl (C=O) groups excluding carboxylic acids is 1. The van der Waals surface area contributed by atoms with Gasteiger partial charge in [0, 0.05) is 43.2 Å². The Morgan fingerprint density at radius 2 is 1.78 bits per heavy atom. The molecule has 5 rings (SSSR count). The summed E-state index contributed by atoms with van der Waals surface area (Å²) in [6.45, 7) is 8.29. The summed E-state index contributed by atoms with van der Waals surface area (Å²) >= 11 is 0. The van der Waals surface area contributed by atoms with Crippen LogP contribution in [0, 0.1) is 5.92 Å². The average Bonchev–Trinajstić information content (AvgIpc) is 3.23. The number of hydrogen-bond acceptors (Lipinski definition) is 5. The predicted molar refractivity (Wildman–Crippen MR) is 146 cm³/mol. The van der Waals surface area contributed by atoms with Gasteiger partial charge in [0.1, 0.15) is 11.5 Å². The molecule has 2 aliphatic rings. The van der Waals surface area contributed by atoms with Crippen LogP contribution in [0.1, 0.15) is 51.6 Å². The summed E-state index contributed by atoms with van der Waals surface area (Å²) in [6, 6.07) is 8.34. The van der Waals surface area contributed by atoms with Crippen LogP contribution in [-0.2, 0) is 18.4 Å². The molecule has 0 radical (unpaired) electrons. The molecule has 3 aromatic rings. The molecule has 8 heteroatoms. The van der Waals surface area contributed by atoms with Gasteiger partial charge in [-0.05, 0) is 88.8 Å². The van der Waals surface area contributed by atoms with Crippen molar-refractivity contribution >= 4 is 22.5 Å². The summed E-state index contributed by atoms with van der Waals surface area (Å²) in [7, 11) is 2.02. The van der Waals surface area contributed by atoms with E-state index in [9.17, 15) is 9.18 Å². The number of pyridine rings is 1. The first kappa shape index (κ1) is 25.8. The SMILES string of the molecule is Cn1ncc(-c2ccc3cnc(NC(=O)C4CCN(CC(C)(C)F)CC4)cc3c2)c1CN1CCCCC1. The number of carbonyl (C=O) groups is 1. The van der Waals surface area contributed by atoms with E-state index in [1.54, 1.807) is 13.8 Å². The molecule has 0 saturated carbocycles. The number of likely N-dealkylation sites (tertiary alicyclic amines) is 2. The molecule has 2 fully saturated rings. The number of amides is 1. The third kappa shape index (κ3) is 6.36. The number of piperidine rings is 2. The molecule has 1 N–H and O–H groups in total. The normalized spacial score (nSPS) is 18.4. The molecule has 7 nitrogen and oxygen atoms in total. The number of nitrogens with zero attached hydrogens (tertiary/aromatic N) is 5. The lowest BCUT2D eigenvalue weighted by Gasteiger charge is -2.33. The molecule has 0 aliphatic carbocycles. The van der Waals surface area contributed by atoms with Gasteiger partial charge in [-0.2, -0.15) is 5.10 Å². The van der Waals surface area contributed by atoms with E-state index in [4.69, 9.17) is 0 Å². The quantitative estimate of drug-likeness (QED) is 0.488. The van der Waals surface area contributed by atoms with Gasteiger partial charge in [0.2, 0.25) is 5.91 Å². The van der Waals surface area contributed by atoms with Gasteiger partial charge in [-0.3, -0.25) is 14.4 Å². The molecule has 2 aromatic heterocycles. The van der Waals surface area contributed by atoms with Crippen molar-refractivity contribution < 1.29 is 9.18 Å². The Morgan fingerprint density at radius 1 is 1.03 bits per heavy atom. The van der Waals surface area contributed by atoms with Crippen molar-refractivity contribution in [1.82, 2.24) is 24.6 Å². The van der Waals surface area contributed by atoms with E-state index in [1.165, 1.54) is 25.0 Å². The van der Waals surface area contributed by atoms with E-state index in [1.807, 2.05) is 30.2 Å². The summed E-state index contributed by atoms with van der Waals surface area (Å²) in [4.78, 5) is 22.1. The van der Waals surface area contributed by atoms with Gasteiger partial charge in [0.05, 0.1) is 11.9 Å². The molecule has 0 bridgehead atoms. The van der Waals surface area contributed by atoms with Gasteiger partial charge in [-0.15, -0.1) is 0 Å². The fraction of sp³-hybridized carbons (Fsp3) is 0.552. The van der Waals surface area contributed by atoms with E-state index in [2.05, 4.69) is 43.4 Å². The highest BCUT2D eigenvalue weighted by atomic mass is 19.1. The Bertz CT molecular complexity index is 1230. The number of halogens is 1. The standard InChI is InChI=1S/C29H39FN6O/c1-29(2,30)20-36-13-9-21(10-14-36)28(37)33-27-16-24-15-22(7-8-23(24)17-31-27)25-18-32-34(3)26(25)19-35-11-5-4-6-12-35/h7-8,15-18,21H,4-6,9-14,19-20H2,1-3H3,(H,31,33,37). The molecule has 2 aliphatic heterocycles. The highest BCUT2D eigenvalue weighted by molar-refractivity contribution is 5.95. The first-order chi connectivity index (χ1) is 17.7. The summed E-state index contributed by atoms with van der Waals surface area (Å²) in [5.74, 6) is 0.496. The van der Waals surface area contributed by atoms with Crippen LogP contribution in [0.15, 0.2) is 36.7 Å². The van der Waals surface area contributed by atoms with Gasteiger partial charge in [0.15, 0.2) is 0 Å². The fourth-order valence-corrected chi connectivity index (χ4v) is 5.71. The van der Waals surface area contributed by atoms with Gasteiger partial charge < -0.3 is 10.2 Å². The summed E-state index contributed by atoms with van der Waals surface area (Å²) in [5, 5.41) is 9.67. The van der Waals surface area contributed by atoms with Crippen LogP contribution in [0.3, 0.4) is 0 Å². The predicted octanol–water partition coefficient (Wildman–Crippen LogP) is 5.02. The van der Waals surface area contributed by atoms with Crippen molar-refractivity contribution in [2.45, 2.75) is 58.2 Å². The molecular weight excluding hydrogens is 467 g/mol. The Balaban J connectivity index is 1.28. The number of fused-ring (bicyclic) bond motifs is 1. The summed E-state index contributed by atoms with van der Waals surface area (Å²) < 4.78 is 16.0. The van der Waals surface area contributed by atoms with Gasteiger partial charge in [-0.1, -0.05) is 18.6 Å². The van der Waals surface area contributed by atoms with Crippen LogP contribution in [0.25, 0.3) is 21.9 Å². The van der Waals surface area contributed by atoms with Crippen molar-refractivity contribution in [2.24, 2.45) is 13.0 Å². The van der Waals surface area contributed by atoms with E-state index in [0.29, 0.717) is 12.4 Å². The largest absolute Gasteiger partial charge is 0.310 e. The Kier molecular flexibility index (Phi) is 7.58. The number of nitrogens with one attached hydrogen (secondary N) is 1. The van der Waals surface area contributed by atoms with Crippen LogP contribution in [0.5, 0.6) is 0 Å². The second-order valence-electron chi connectivity index (χ2n) is 11.4. The Labute approximate surface area is 219 Å². The van der Waals surface area contributed by atoms with Crippen molar-refractivity contribution in [3.63, 3.8) is 0 Å². The molecular formula is C29H39FN6O. The first-order valence-corrected chi connectivity index (χ1v) is 13.6. The van der Waals surface area contributed by atoms with Crippen LogP contribution in [-0.4, -0.2) is 68.9 Å². The maximum absolute atomic E-state index is 14.0. The molecule has 198 valence electrons. The number of alkyl halides is 1. The number of anilines is 1. The van der Waals surface area contributed by atoms with Crippen molar-refractivity contribution in [3.8, 4) is 11.1 Å². The highest BCUT2D eigenvalue weighted by Gasteiger charge is 2.28. The molecule has 0 spiro atoms. The fourth-order valence-electron chi connectivity index (χ4n) is 5.71. The van der Waals surface area contributed by atoms with Crippen molar-refractivity contribution in [1.29, 1.82) is 0 Å². The minimum Gasteiger partial charge on any atom is -0.310 e. The van der Waals surface area contributed by atoms with Gasteiger partial charge in [-0.25, -0.2) is 9.37 Å². The first-order valence-electron chi connectivity index (χ1n) is 13.6. The number of rotatable bonds is 7.